The Balaban J connectivity index is 1.55. The molecule has 1 unspecified atom stereocenters. The molecule has 1 aliphatic heterocycles. The SMILES string of the molecule is CCC(Oc1cc2c(Nc3cccc(Br)c3)ncnc2cc1OC)C1CCN(CC(=O)OC)CC1. The number of piperidine rings is 1. The number of nitrogens with zero attached hydrogens (tertiary/aromatic N) is 3. The topological polar surface area (TPSA) is 85.8 Å². The van der Waals surface area contributed by atoms with Gasteiger partial charge >= 0.3 is 5.97 Å². The number of aromatic nitrogens is 2. The number of nitrogens with one attached hydrogen (secondary N) is 1. The molecule has 4 rings (SSSR count). The van der Waals surface area contributed by atoms with E-state index in [4.69, 9.17) is 14.2 Å². The van der Waals surface area contributed by atoms with Gasteiger partial charge in [0.05, 0.1) is 26.3 Å². The van der Waals surface area contributed by atoms with Gasteiger partial charge in [-0.15, -0.1) is 0 Å². The van der Waals surface area contributed by atoms with Gasteiger partial charge in [0.15, 0.2) is 11.5 Å². The number of esters is 1. The van der Waals surface area contributed by atoms with Crippen LogP contribution in [0.15, 0.2) is 47.2 Å². The summed E-state index contributed by atoms with van der Waals surface area (Å²) in [5, 5.41) is 4.24. The lowest BCUT2D eigenvalue weighted by molar-refractivity contribution is -0.142. The zero-order valence-electron chi connectivity index (χ0n) is 20.3. The Morgan fingerprint density at radius 1 is 1.17 bits per heavy atom. The Bertz CT molecular complexity index is 1170. The molecule has 2 aromatic carbocycles. The molecular formula is C26H31BrN4O4. The second-order valence-electron chi connectivity index (χ2n) is 8.63. The summed E-state index contributed by atoms with van der Waals surface area (Å²) in [5.74, 6) is 2.22. The maximum atomic E-state index is 11.6. The minimum Gasteiger partial charge on any atom is -0.493 e. The normalized spacial score (nSPS) is 15.5. The van der Waals surface area contributed by atoms with E-state index in [1.54, 1.807) is 13.4 Å². The van der Waals surface area contributed by atoms with Gasteiger partial charge in [-0.25, -0.2) is 9.97 Å². The van der Waals surface area contributed by atoms with E-state index in [2.05, 4.69) is 43.0 Å². The first-order chi connectivity index (χ1) is 17.0. The zero-order chi connectivity index (χ0) is 24.8. The van der Waals surface area contributed by atoms with E-state index in [0.717, 1.165) is 53.4 Å². The molecular weight excluding hydrogens is 512 g/mol. The van der Waals surface area contributed by atoms with Crippen LogP contribution in [-0.2, 0) is 9.53 Å². The van der Waals surface area contributed by atoms with Crippen LogP contribution in [0.2, 0.25) is 0 Å². The first-order valence-electron chi connectivity index (χ1n) is 11.8. The van der Waals surface area contributed by atoms with Crippen molar-refractivity contribution in [2.45, 2.75) is 32.3 Å². The third-order valence-electron chi connectivity index (χ3n) is 6.43. The fourth-order valence-electron chi connectivity index (χ4n) is 4.52. The summed E-state index contributed by atoms with van der Waals surface area (Å²) < 4.78 is 18.0. The number of hydrogen-bond donors (Lipinski definition) is 1. The summed E-state index contributed by atoms with van der Waals surface area (Å²) in [5.41, 5.74) is 1.69. The lowest BCUT2D eigenvalue weighted by Crippen LogP contribution is -2.41. The molecule has 1 saturated heterocycles. The van der Waals surface area contributed by atoms with Crippen LogP contribution in [0.5, 0.6) is 11.5 Å². The fraction of sp³-hybridized carbons (Fsp3) is 0.423. The molecule has 35 heavy (non-hydrogen) atoms. The van der Waals surface area contributed by atoms with E-state index < -0.39 is 0 Å². The number of anilines is 2. The number of carbonyl (C=O) groups excluding carboxylic acids is 1. The van der Waals surface area contributed by atoms with Crippen LogP contribution >= 0.6 is 15.9 Å². The van der Waals surface area contributed by atoms with Gasteiger partial charge in [0.25, 0.3) is 0 Å². The largest absolute Gasteiger partial charge is 0.493 e. The summed E-state index contributed by atoms with van der Waals surface area (Å²) in [6.07, 6.45) is 4.37. The molecule has 2 heterocycles. The second kappa shape index (κ2) is 11.7. The minimum absolute atomic E-state index is 0.0349. The van der Waals surface area contributed by atoms with Crippen LogP contribution in [0, 0.1) is 5.92 Å². The number of methoxy groups -OCH3 is 2. The Kier molecular flexibility index (Phi) is 8.41. The molecule has 3 aromatic rings. The minimum atomic E-state index is -0.192. The predicted molar refractivity (Wildman–Crippen MR) is 139 cm³/mol. The van der Waals surface area contributed by atoms with Crippen molar-refractivity contribution >= 4 is 44.3 Å². The Morgan fingerprint density at radius 3 is 2.66 bits per heavy atom. The Hall–Kier alpha value is -2.91. The highest BCUT2D eigenvalue weighted by Gasteiger charge is 2.28. The average Bonchev–Trinajstić information content (AvgIpc) is 2.87. The monoisotopic (exact) mass is 542 g/mol. The predicted octanol–water partition coefficient (Wildman–Crippen LogP) is 5.19. The number of ether oxygens (including phenoxy) is 3. The number of halogens is 1. The van der Waals surface area contributed by atoms with Crippen LogP contribution in [0.3, 0.4) is 0 Å². The smallest absolute Gasteiger partial charge is 0.319 e. The molecule has 0 aliphatic carbocycles. The molecule has 1 N–H and O–H groups in total. The molecule has 1 aliphatic rings. The second-order valence-corrected chi connectivity index (χ2v) is 9.55. The van der Waals surface area contributed by atoms with Gasteiger partial charge in [0.1, 0.15) is 18.2 Å². The highest BCUT2D eigenvalue weighted by Crippen LogP contribution is 2.37. The van der Waals surface area contributed by atoms with Crippen molar-refractivity contribution in [3.8, 4) is 11.5 Å². The van der Waals surface area contributed by atoms with Gasteiger partial charge in [-0.1, -0.05) is 28.9 Å². The molecule has 0 bridgehead atoms. The van der Waals surface area contributed by atoms with Gasteiger partial charge < -0.3 is 19.5 Å². The number of hydrogen-bond acceptors (Lipinski definition) is 8. The van der Waals surface area contributed by atoms with Crippen LogP contribution in [0.1, 0.15) is 26.2 Å². The van der Waals surface area contributed by atoms with E-state index >= 15 is 0 Å². The number of fused-ring (bicyclic) bond motifs is 1. The van der Waals surface area contributed by atoms with Crippen LogP contribution in [-0.4, -0.2) is 60.8 Å². The highest BCUT2D eigenvalue weighted by atomic mass is 79.9. The number of carbonyl (C=O) groups is 1. The van der Waals surface area contributed by atoms with Crippen molar-refractivity contribution in [1.82, 2.24) is 14.9 Å². The molecule has 1 aromatic heterocycles. The van der Waals surface area contributed by atoms with Gasteiger partial charge in [-0.05, 0) is 62.5 Å². The lowest BCUT2D eigenvalue weighted by atomic mass is 9.89. The fourth-order valence-corrected chi connectivity index (χ4v) is 4.92. The molecule has 1 fully saturated rings. The third-order valence-corrected chi connectivity index (χ3v) is 6.92. The third kappa shape index (κ3) is 6.21. The van der Waals surface area contributed by atoms with Crippen molar-refractivity contribution < 1.29 is 19.0 Å². The maximum absolute atomic E-state index is 11.6. The molecule has 0 radical (unpaired) electrons. The molecule has 0 spiro atoms. The molecule has 8 nitrogen and oxygen atoms in total. The summed E-state index contributed by atoms with van der Waals surface area (Å²) in [4.78, 5) is 22.7. The number of benzene rings is 2. The van der Waals surface area contributed by atoms with E-state index in [1.165, 1.54) is 7.11 Å². The lowest BCUT2D eigenvalue weighted by Gasteiger charge is -2.35. The summed E-state index contributed by atoms with van der Waals surface area (Å²) in [6, 6.07) is 11.8. The summed E-state index contributed by atoms with van der Waals surface area (Å²) in [7, 11) is 3.07. The van der Waals surface area contributed by atoms with Gasteiger partial charge in [0.2, 0.25) is 0 Å². The van der Waals surface area contributed by atoms with E-state index in [0.29, 0.717) is 29.8 Å². The van der Waals surface area contributed by atoms with Gasteiger partial charge in [-0.3, -0.25) is 9.69 Å². The molecule has 9 heteroatoms. The van der Waals surface area contributed by atoms with Crippen molar-refractivity contribution in [2.75, 3.05) is 39.2 Å². The summed E-state index contributed by atoms with van der Waals surface area (Å²) in [6.45, 7) is 4.18. The van der Waals surface area contributed by atoms with Gasteiger partial charge in [-0.2, -0.15) is 0 Å². The van der Waals surface area contributed by atoms with Crippen molar-refractivity contribution in [3.63, 3.8) is 0 Å². The zero-order valence-corrected chi connectivity index (χ0v) is 21.9. The van der Waals surface area contributed by atoms with Crippen molar-refractivity contribution in [2.24, 2.45) is 5.92 Å². The molecule has 0 amide bonds. The molecule has 1 atom stereocenters. The van der Waals surface area contributed by atoms with Crippen molar-refractivity contribution in [3.05, 3.63) is 47.2 Å². The van der Waals surface area contributed by atoms with E-state index in [-0.39, 0.29) is 12.1 Å². The van der Waals surface area contributed by atoms with Gasteiger partial charge in [0, 0.05) is 21.6 Å². The van der Waals surface area contributed by atoms with Crippen LogP contribution < -0.4 is 14.8 Å². The molecule has 186 valence electrons. The van der Waals surface area contributed by atoms with Crippen molar-refractivity contribution in [1.29, 1.82) is 0 Å². The average molecular weight is 543 g/mol. The Morgan fingerprint density at radius 2 is 1.97 bits per heavy atom. The number of rotatable bonds is 9. The maximum Gasteiger partial charge on any atom is 0.319 e. The van der Waals surface area contributed by atoms with E-state index in [9.17, 15) is 4.79 Å². The Labute approximate surface area is 214 Å². The standard InChI is InChI=1S/C26H31BrN4O4/c1-4-22(17-8-10-31(11-9-17)15-25(32)34-3)35-24-13-20-21(14-23(24)33-2)28-16-29-26(20)30-19-7-5-6-18(27)12-19/h5-7,12-14,16-17,22H,4,8-11,15H2,1-3H3,(H,28,29,30). The van der Waals surface area contributed by atoms with Crippen LogP contribution in [0.4, 0.5) is 11.5 Å². The quantitative estimate of drug-likeness (QED) is 0.370. The highest BCUT2D eigenvalue weighted by molar-refractivity contribution is 9.10. The first-order valence-corrected chi connectivity index (χ1v) is 12.6. The number of likely N-dealkylation sites (tertiary alicyclic amines) is 1. The summed E-state index contributed by atoms with van der Waals surface area (Å²) >= 11 is 3.51. The first kappa shape index (κ1) is 25.2. The van der Waals surface area contributed by atoms with Crippen LogP contribution in [0.25, 0.3) is 10.9 Å². The van der Waals surface area contributed by atoms with E-state index in [1.807, 2.05) is 36.4 Å². The molecule has 0 saturated carbocycles.